The van der Waals surface area contributed by atoms with Crippen LogP contribution in [-0.4, -0.2) is 148 Å². The lowest BCUT2D eigenvalue weighted by molar-refractivity contribution is -0.438. The Labute approximate surface area is 799 Å². The lowest BCUT2D eigenvalue weighted by Gasteiger charge is -2.28. The van der Waals surface area contributed by atoms with Crippen molar-refractivity contribution in [2.45, 2.75) is 255 Å². The zero-order valence-electron chi connectivity index (χ0n) is 80.3. The van der Waals surface area contributed by atoms with Crippen molar-refractivity contribution >= 4 is 108 Å². The molecule has 0 spiro atoms. The molecule has 0 bridgehead atoms. The summed E-state index contributed by atoms with van der Waals surface area (Å²) >= 11 is 0. The predicted octanol–water partition coefficient (Wildman–Crippen LogP) is 22.2. The van der Waals surface area contributed by atoms with E-state index in [9.17, 15) is 61.5 Å². The maximum absolute atomic E-state index is 16.6. The highest BCUT2D eigenvalue weighted by atomic mass is 32.2. The molecule has 2 amide bonds. The maximum atomic E-state index is 16.6. The van der Waals surface area contributed by atoms with Crippen molar-refractivity contribution < 1.29 is 79.7 Å². The fourth-order valence-electron chi connectivity index (χ4n) is 20.6. The van der Waals surface area contributed by atoms with Crippen LogP contribution in [0.3, 0.4) is 0 Å². The molecule has 0 radical (unpaired) electrons. The maximum Gasteiger partial charge on any atom is 0.294 e. The molecule has 22 nitrogen and oxygen atoms in total. The molecule has 0 aromatic heterocycles. The summed E-state index contributed by atoms with van der Waals surface area (Å²) in [4.78, 5) is 32.6. The summed E-state index contributed by atoms with van der Waals surface area (Å²) < 4.78 is 164. The molecular formula is C108H136FN7O15S4+2. The second-order valence-corrected chi connectivity index (χ2v) is 44.9. The van der Waals surface area contributed by atoms with Crippen molar-refractivity contribution in [1.82, 2.24) is 10.6 Å². The molecule has 722 valence electrons. The summed E-state index contributed by atoms with van der Waals surface area (Å²) in [6, 6.07) is 43.2. The number of amides is 2. The number of nitrogens with zero attached hydrogens (tertiary/aromatic N) is 5. The van der Waals surface area contributed by atoms with E-state index in [2.05, 4.69) is 201 Å². The molecule has 4 aliphatic heterocycles. The third-order valence-corrected chi connectivity index (χ3v) is 31.0. The van der Waals surface area contributed by atoms with E-state index in [1.54, 1.807) is 18.2 Å². The molecule has 7 aromatic carbocycles. The van der Waals surface area contributed by atoms with E-state index in [1.807, 2.05) is 43.0 Å². The van der Waals surface area contributed by atoms with Crippen LogP contribution in [0.15, 0.2) is 237 Å². The summed E-state index contributed by atoms with van der Waals surface area (Å²) in [5.41, 5.74) is 18.0. The Morgan fingerprint density at radius 2 is 1.03 bits per heavy atom. The molecule has 6 aliphatic rings. The summed E-state index contributed by atoms with van der Waals surface area (Å²) in [7, 11) is -17.5. The van der Waals surface area contributed by atoms with Crippen molar-refractivity contribution in [3.8, 4) is 5.75 Å². The molecule has 0 saturated heterocycles. The Kier molecular flexibility index (Phi) is 33.0. The molecule has 0 unspecified atom stereocenters. The molecule has 6 N–H and O–H groups in total. The molecule has 4 heterocycles. The molecule has 0 atom stereocenters. The largest absolute Gasteiger partial charge is 0.457 e. The standard InChI is InChI=1S/C108H134FN7O15S4/c1-12-14-68-114-92-40-24-22-38-88(92)105(4,5)96(114)61-47-79-35-30-36-80(104(79)131-83-50-52-84(53-51-83)134(125,126)127)48-62-98-107(8,9)90-75-85(135(128,129)130)54-58-94(90)115(98)69-27-17-19-41-100(117)110-63-25-15-16-26-64-111-101(118)42-20-18-28-70-116-95-56-44-81-73-76(3)43-55-86(81)103(95)108(10,11)99(116)60-46-78-34-29-33-77(102(78)87-37-21-23-39-91(87)109)45-59-97-106(6,7)89-74-82(49-57-93(89)113(97)65-13-2)112(66-31-71-132(119,120)121)67-32-72-133(122,123)124/h21-24,37-40,43-62,73-75H,12-20,25-36,41-42,63-72H2,1-11H3,(H4-2,110,111,117,118,119,120,121,122,123,124,125,126,127,128,129,130)/p+2. The topological polar surface area (TPSA) is 301 Å². The van der Waals surface area contributed by atoms with Crippen molar-refractivity contribution in [3.05, 3.63) is 267 Å². The number of benzene rings is 7. The van der Waals surface area contributed by atoms with E-state index in [0.717, 1.165) is 195 Å². The first-order valence-electron chi connectivity index (χ1n) is 48.2. The van der Waals surface area contributed by atoms with Crippen LogP contribution in [0.25, 0.3) is 16.3 Å². The Hall–Kier alpha value is -10.2. The molecule has 7 aromatic rings. The van der Waals surface area contributed by atoms with Crippen LogP contribution in [0.5, 0.6) is 5.75 Å². The van der Waals surface area contributed by atoms with Gasteiger partial charge in [-0.25, -0.2) is 4.39 Å². The Morgan fingerprint density at radius 1 is 0.489 bits per heavy atom. The van der Waals surface area contributed by atoms with E-state index >= 15 is 4.39 Å². The number of rotatable bonds is 44. The average molecular weight is 1920 g/mol. The van der Waals surface area contributed by atoms with Gasteiger partial charge in [0.2, 0.25) is 23.2 Å². The highest BCUT2D eigenvalue weighted by molar-refractivity contribution is 7.86. The zero-order chi connectivity index (χ0) is 97.0. The quantitative estimate of drug-likeness (QED) is 0.0117. The van der Waals surface area contributed by atoms with Crippen LogP contribution >= 0.6 is 0 Å². The number of hydrogen-bond donors (Lipinski definition) is 6. The van der Waals surface area contributed by atoms with Crippen molar-refractivity contribution in [2.75, 3.05) is 78.6 Å². The van der Waals surface area contributed by atoms with Crippen LogP contribution in [0.4, 0.5) is 32.8 Å². The van der Waals surface area contributed by atoms with Crippen LogP contribution in [0.2, 0.25) is 0 Å². The van der Waals surface area contributed by atoms with Crippen molar-refractivity contribution in [2.24, 2.45) is 0 Å². The van der Waals surface area contributed by atoms with Crippen molar-refractivity contribution in [1.29, 1.82) is 0 Å². The minimum absolute atomic E-state index is 0.0135. The first kappa shape index (κ1) is 102. The number of fused-ring (bicyclic) bond motifs is 6. The SMILES string of the molecule is CCCC[N+]1=C(C=CC2=C(Oc3ccc(S(=O)(=O)O)cc3)C(=CC=C3N(CCCCCC(=O)NCCCCCCNC(=O)CCCCC[N+]4=C(/C=C/C5=C(c6ccccc6F)C(=C/C=C6/N(CCC)c7ccc(N(CCCS(=O)(=O)O)CCCS(=O)(=O)O)cc7C6(C)C)/CCC5)C(C)(C)c5c4ccc4cc(C)ccc54)c4ccc(S(=O)(=O)O)cc4C3(C)C)CCC2)C(C)(C)c2ccccc21. The first-order chi connectivity index (χ1) is 64.1. The van der Waals surface area contributed by atoms with Crippen LogP contribution in [-0.2, 0) is 71.7 Å². The molecule has 135 heavy (non-hydrogen) atoms. The van der Waals surface area contributed by atoms with Gasteiger partial charge in [0.25, 0.3) is 40.5 Å². The summed E-state index contributed by atoms with van der Waals surface area (Å²) in [6.45, 7) is 28.4. The minimum Gasteiger partial charge on any atom is -0.457 e. The van der Waals surface area contributed by atoms with Gasteiger partial charge in [0.15, 0.2) is 11.4 Å². The summed E-state index contributed by atoms with van der Waals surface area (Å²) in [6.07, 6.45) is 33.7. The number of carbonyl (C=O) groups excluding carboxylic acids is 2. The van der Waals surface area contributed by atoms with Gasteiger partial charge in [-0.2, -0.15) is 42.8 Å². The number of nitrogens with one attached hydrogen (secondary N) is 2. The van der Waals surface area contributed by atoms with Crippen LogP contribution in [0, 0.1) is 12.7 Å². The number of aryl methyl sites for hydroxylation is 1. The number of halogens is 1. The monoisotopic (exact) mass is 1920 g/mol. The Balaban J connectivity index is 0.611. The molecular weight excluding hydrogens is 1780 g/mol. The van der Waals surface area contributed by atoms with Gasteiger partial charge in [0.05, 0.1) is 32.1 Å². The van der Waals surface area contributed by atoms with E-state index in [0.29, 0.717) is 75.4 Å². The van der Waals surface area contributed by atoms with Gasteiger partial charge in [0.1, 0.15) is 30.4 Å². The molecule has 2 aliphatic carbocycles. The van der Waals surface area contributed by atoms with Gasteiger partial charge >= 0.3 is 0 Å². The smallest absolute Gasteiger partial charge is 0.294 e. The van der Waals surface area contributed by atoms with E-state index in [4.69, 9.17) is 4.74 Å². The van der Waals surface area contributed by atoms with Gasteiger partial charge < -0.3 is 30.1 Å². The van der Waals surface area contributed by atoms with Gasteiger partial charge in [-0.05, 0) is 272 Å². The number of unbranched alkanes of at least 4 members (excludes halogenated alkanes) is 8. The Morgan fingerprint density at radius 3 is 1.65 bits per heavy atom. The normalized spacial score (nSPS) is 18.2. The van der Waals surface area contributed by atoms with Crippen LogP contribution in [0.1, 0.15) is 250 Å². The van der Waals surface area contributed by atoms with Gasteiger partial charge in [-0.3, -0.25) is 27.8 Å². The highest BCUT2D eigenvalue weighted by Gasteiger charge is 2.48. The lowest BCUT2D eigenvalue weighted by Crippen LogP contribution is -2.29. The highest BCUT2D eigenvalue weighted by Crippen LogP contribution is 2.53. The number of ether oxygens (including phenoxy) is 1. The molecule has 13 rings (SSSR count). The fraction of sp³-hybridized carbons (Fsp3) is 0.444. The van der Waals surface area contributed by atoms with Crippen molar-refractivity contribution in [3.63, 3.8) is 0 Å². The number of carbonyl (C=O) groups is 2. The third-order valence-electron chi connectivity index (χ3n) is 27.6. The van der Waals surface area contributed by atoms with Gasteiger partial charge in [-0.15, -0.1) is 0 Å². The molecule has 0 fully saturated rings. The second-order valence-electron chi connectivity index (χ2n) is 38.9. The summed E-state index contributed by atoms with van der Waals surface area (Å²) in [5.74, 6) is -0.197. The lowest BCUT2D eigenvalue weighted by atomic mass is 9.78. The third kappa shape index (κ3) is 24.5. The molecule has 27 heteroatoms. The number of allylic oxidation sites excluding steroid dienone is 15. The van der Waals surface area contributed by atoms with E-state index < -0.39 is 68.2 Å². The number of para-hydroxylation sites is 1. The Bertz CT molecular complexity index is 6410. The summed E-state index contributed by atoms with van der Waals surface area (Å²) in [5, 5.41) is 8.64. The zero-order valence-corrected chi connectivity index (χ0v) is 83.5. The predicted molar refractivity (Wildman–Crippen MR) is 541 cm³/mol. The second kappa shape index (κ2) is 43.6. The fourth-order valence-corrected chi connectivity index (χ4v) is 22.6. The van der Waals surface area contributed by atoms with Gasteiger partial charge in [0, 0.05) is 145 Å². The van der Waals surface area contributed by atoms with Gasteiger partial charge in [-0.1, -0.05) is 146 Å². The number of hydrogen-bond acceptors (Lipinski definition) is 14. The van der Waals surface area contributed by atoms with Crippen LogP contribution < -0.4 is 30.1 Å². The molecule has 0 saturated carbocycles. The minimum atomic E-state index is -4.53. The van der Waals surface area contributed by atoms with E-state index in [1.165, 1.54) is 75.3 Å². The average Bonchev–Trinajstić information content (AvgIpc) is 1.56. The number of anilines is 3. The first-order valence-corrected chi connectivity index (χ1v) is 54.3. The van der Waals surface area contributed by atoms with E-state index in [-0.39, 0.29) is 58.8 Å².